The van der Waals surface area contributed by atoms with Gasteiger partial charge in [0.25, 0.3) is 0 Å². The Morgan fingerprint density at radius 3 is 2.06 bits per heavy atom. The van der Waals surface area contributed by atoms with Gasteiger partial charge in [-0.1, -0.05) is 0 Å². The summed E-state index contributed by atoms with van der Waals surface area (Å²) in [6, 6.07) is 0. The third-order valence-corrected chi connectivity index (χ3v) is 3.71. The standard InChI is InChI=1S/C12H19NO3/c14-11(13-7-8-1-2-8)9-3-5-10(6-4-9)12(15)16/h8-10H,1-7H2,(H,13,14)(H,15,16). The zero-order valence-corrected chi connectivity index (χ0v) is 9.45. The fourth-order valence-corrected chi connectivity index (χ4v) is 2.31. The monoisotopic (exact) mass is 225 g/mol. The maximum absolute atomic E-state index is 11.7. The van der Waals surface area contributed by atoms with Gasteiger partial charge in [0.2, 0.25) is 5.91 Å². The summed E-state index contributed by atoms with van der Waals surface area (Å²) in [5.41, 5.74) is 0. The first kappa shape index (κ1) is 11.4. The highest BCUT2D eigenvalue weighted by Crippen LogP contribution is 2.30. The van der Waals surface area contributed by atoms with Gasteiger partial charge >= 0.3 is 5.97 Å². The van der Waals surface area contributed by atoms with Crippen LogP contribution in [-0.2, 0) is 9.59 Å². The first-order valence-electron chi connectivity index (χ1n) is 6.17. The molecule has 0 unspecified atom stereocenters. The fraction of sp³-hybridized carbons (Fsp3) is 0.833. The van der Waals surface area contributed by atoms with Crippen molar-refractivity contribution in [1.29, 1.82) is 0 Å². The van der Waals surface area contributed by atoms with Crippen LogP contribution in [0.4, 0.5) is 0 Å². The molecule has 16 heavy (non-hydrogen) atoms. The molecule has 90 valence electrons. The minimum absolute atomic E-state index is 0.0503. The van der Waals surface area contributed by atoms with E-state index in [1.54, 1.807) is 0 Å². The van der Waals surface area contributed by atoms with Crippen molar-refractivity contribution in [1.82, 2.24) is 5.32 Å². The normalized spacial score (nSPS) is 29.8. The molecule has 0 aromatic carbocycles. The summed E-state index contributed by atoms with van der Waals surface area (Å²) in [4.78, 5) is 22.5. The largest absolute Gasteiger partial charge is 0.481 e. The van der Waals surface area contributed by atoms with Gasteiger partial charge in [0.15, 0.2) is 0 Å². The van der Waals surface area contributed by atoms with Crippen LogP contribution in [0, 0.1) is 17.8 Å². The molecule has 0 aromatic rings. The van der Waals surface area contributed by atoms with Crippen molar-refractivity contribution in [3.05, 3.63) is 0 Å². The lowest BCUT2D eigenvalue weighted by Crippen LogP contribution is -2.35. The predicted molar refractivity (Wildman–Crippen MR) is 58.8 cm³/mol. The first-order chi connectivity index (χ1) is 7.66. The van der Waals surface area contributed by atoms with Crippen LogP contribution in [0.1, 0.15) is 38.5 Å². The Morgan fingerprint density at radius 2 is 1.56 bits per heavy atom. The second-order valence-electron chi connectivity index (χ2n) is 5.08. The summed E-state index contributed by atoms with van der Waals surface area (Å²) in [7, 11) is 0. The summed E-state index contributed by atoms with van der Waals surface area (Å²) < 4.78 is 0. The van der Waals surface area contributed by atoms with Crippen molar-refractivity contribution in [2.24, 2.45) is 17.8 Å². The molecule has 0 radical (unpaired) electrons. The number of carboxylic acid groups (broad SMARTS) is 1. The fourth-order valence-electron chi connectivity index (χ4n) is 2.31. The second-order valence-corrected chi connectivity index (χ2v) is 5.08. The minimum Gasteiger partial charge on any atom is -0.481 e. The number of hydrogen-bond acceptors (Lipinski definition) is 2. The van der Waals surface area contributed by atoms with Gasteiger partial charge in [0, 0.05) is 12.5 Å². The summed E-state index contributed by atoms with van der Waals surface area (Å²) in [5.74, 6) is -0.0475. The SMILES string of the molecule is O=C(O)C1CCC(C(=O)NCC2CC2)CC1. The maximum atomic E-state index is 11.7. The van der Waals surface area contributed by atoms with Crippen molar-refractivity contribution in [3.8, 4) is 0 Å². The highest BCUT2D eigenvalue weighted by atomic mass is 16.4. The van der Waals surface area contributed by atoms with E-state index >= 15 is 0 Å². The molecule has 0 aliphatic heterocycles. The van der Waals surface area contributed by atoms with E-state index in [2.05, 4.69) is 5.32 Å². The third-order valence-electron chi connectivity index (χ3n) is 3.71. The van der Waals surface area contributed by atoms with Crippen LogP contribution in [-0.4, -0.2) is 23.5 Å². The molecule has 1 amide bonds. The highest BCUT2D eigenvalue weighted by Gasteiger charge is 2.30. The van der Waals surface area contributed by atoms with Gasteiger partial charge in [-0.05, 0) is 44.4 Å². The number of carboxylic acids is 1. The van der Waals surface area contributed by atoms with E-state index in [4.69, 9.17) is 5.11 Å². The molecule has 4 heteroatoms. The molecule has 2 fully saturated rings. The van der Waals surface area contributed by atoms with Crippen molar-refractivity contribution >= 4 is 11.9 Å². The van der Waals surface area contributed by atoms with E-state index < -0.39 is 5.97 Å². The van der Waals surface area contributed by atoms with E-state index in [0.29, 0.717) is 18.8 Å². The minimum atomic E-state index is -0.711. The van der Waals surface area contributed by atoms with E-state index in [0.717, 1.165) is 19.4 Å². The quantitative estimate of drug-likeness (QED) is 0.760. The smallest absolute Gasteiger partial charge is 0.306 e. The molecule has 2 N–H and O–H groups in total. The molecule has 2 saturated carbocycles. The van der Waals surface area contributed by atoms with Crippen molar-refractivity contribution in [2.75, 3.05) is 6.54 Å². The number of carbonyl (C=O) groups is 2. The summed E-state index contributed by atoms with van der Waals surface area (Å²) >= 11 is 0. The number of rotatable bonds is 4. The third kappa shape index (κ3) is 2.97. The van der Waals surface area contributed by atoms with Crippen molar-refractivity contribution < 1.29 is 14.7 Å². The van der Waals surface area contributed by atoms with Crippen molar-refractivity contribution in [3.63, 3.8) is 0 Å². The molecular weight excluding hydrogens is 206 g/mol. The Labute approximate surface area is 95.4 Å². The van der Waals surface area contributed by atoms with Gasteiger partial charge in [-0.3, -0.25) is 9.59 Å². The zero-order chi connectivity index (χ0) is 11.5. The molecule has 0 saturated heterocycles. The van der Waals surface area contributed by atoms with Crippen LogP contribution in [0.2, 0.25) is 0 Å². The van der Waals surface area contributed by atoms with E-state index in [-0.39, 0.29) is 17.7 Å². The second kappa shape index (κ2) is 4.85. The van der Waals surface area contributed by atoms with Crippen LogP contribution < -0.4 is 5.32 Å². The zero-order valence-electron chi connectivity index (χ0n) is 9.45. The molecule has 0 bridgehead atoms. The molecule has 0 atom stereocenters. The lowest BCUT2D eigenvalue weighted by Gasteiger charge is -2.25. The van der Waals surface area contributed by atoms with E-state index in [9.17, 15) is 9.59 Å². The first-order valence-corrected chi connectivity index (χ1v) is 6.17. The summed E-state index contributed by atoms with van der Waals surface area (Å²) in [6.07, 6.45) is 5.24. The molecule has 2 rings (SSSR count). The highest BCUT2D eigenvalue weighted by molar-refractivity contribution is 5.79. The number of nitrogens with one attached hydrogen (secondary N) is 1. The Balaban J connectivity index is 1.70. The number of carbonyl (C=O) groups excluding carboxylic acids is 1. The predicted octanol–water partition coefficient (Wildman–Crippen LogP) is 1.40. The van der Waals surface area contributed by atoms with Crippen LogP contribution in [0.15, 0.2) is 0 Å². The van der Waals surface area contributed by atoms with Gasteiger partial charge in [-0.15, -0.1) is 0 Å². The molecule has 2 aliphatic rings. The van der Waals surface area contributed by atoms with E-state index in [1.807, 2.05) is 0 Å². The van der Waals surface area contributed by atoms with Gasteiger partial charge in [0.1, 0.15) is 0 Å². The Kier molecular flexibility index (Phi) is 3.46. The van der Waals surface area contributed by atoms with Crippen LogP contribution in [0.3, 0.4) is 0 Å². The molecule has 4 nitrogen and oxygen atoms in total. The van der Waals surface area contributed by atoms with Crippen molar-refractivity contribution in [2.45, 2.75) is 38.5 Å². The van der Waals surface area contributed by atoms with Crippen LogP contribution >= 0.6 is 0 Å². The van der Waals surface area contributed by atoms with Gasteiger partial charge in [-0.25, -0.2) is 0 Å². The summed E-state index contributed by atoms with van der Waals surface area (Å²) in [6.45, 7) is 0.817. The van der Waals surface area contributed by atoms with Crippen LogP contribution in [0.25, 0.3) is 0 Å². The van der Waals surface area contributed by atoms with Gasteiger partial charge in [0.05, 0.1) is 5.92 Å². The summed E-state index contributed by atoms with van der Waals surface area (Å²) in [5, 5.41) is 11.8. The Morgan fingerprint density at radius 1 is 1.00 bits per heavy atom. The van der Waals surface area contributed by atoms with Crippen LogP contribution in [0.5, 0.6) is 0 Å². The average Bonchev–Trinajstić information content (AvgIpc) is 3.10. The van der Waals surface area contributed by atoms with Gasteiger partial charge in [-0.2, -0.15) is 0 Å². The molecular formula is C12H19NO3. The lowest BCUT2D eigenvalue weighted by molar-refractivity contribution is -0.144. The topological polar surface area (TPSA) is 66.4 Å². The van der Waals surface area contributed by atoms with Gasteiger partial charge < -0.3 is 10.4 Å². The molecule has 0 aromatic heterocycles. The maximum Gasteiger partial charge on any atom is 0.306 e. The number of aliphatic carboxylic acids is 1. The lowest BCUT2D eigenvalue weighted by atomic mass is 9.81. The molecule has 0 spiro atoms. The Bertz CT molecular complexity index is 278. The Hall–Kier alpha value is -1.06. The molecule has 0 heterocycles. The number of amides is 1. The molecule has 2 aliphatic carbocycles. The number of hydrogen-bond donors (Lipinski definition) is 2. The average molecular weight is 225 g/mol. The van der Waals surface area contributed by atoms with E-state index in [1.165, 1.54) is 12.8 Å².